The van der Waals surface area contributed by atoms with Crippen LogP contribution in [-0.4, -0.2) is 48.3 Å². The summed E-state index contributed by atoms with van der Waals surface area (Å²) in [6.07, 6.45) is 5.88. The van der Waals surface area contributed by atoms with E-state index in [1.165, 1.54) is 5.56 Å². The number of fused-ring (bicyclic) bond motifs is 5. The summed E-state index contributed by atoms with van der Waals surface area (Å²) in [5, 5.41) is 2.71. The van der Waals surface area contributed by atoms with E-state index < -0.39 is 5.97 Å². The molecule has 2 bridgehead atoms. The van der Waals surface area contributed by atoms with Gasteiger partial charge in [0.25, 0.3) is 0 Å². The Labute approximate surface area is 175 Å². The standard InChI is InChI=1S/C23H26N2O5/c1-14-2-4-15(5-3-14)6-9-18(26)24-10-11-30-19(27)13-25-22(28)20-16-7-8-17(12-16)21(20)23(25)29/h2-5,7-8,16-17,20-21H,6,9-13H2,1H3,(H,24,26). The van der Waals surface area contributed by atoms with Crippen LogP contribution in [0.15, 0.2) is 36.4 Å². The molecule has 4 atom stereocenters. The molecule has 1 saturated carbocycles. The number of rotatable bonds is 8. The van der Waals surface area contributed by atoms with Gasteiger partial charge in [-0.15, -0.1) is 0 Å². The molecule has 3 aliphatic rings. The number of carbonyl (C=O) groups is 4. The van der Waals surface area contributed by atoms with Crippen molar-refractivity contribution in [3.05, 3.63) is 47.5 Å². The van der Waals surface area contributed by atoms with E-state index in [-0.39, 0.29) is 61.1 Å². The number of nitrogens with one attached hydrogen (secondary N) is 1. The lowest BCUT2D eigenvalue weighted by Gasteiger charge is -2.16. The van der Waals surface area contributed by atoms with Gasteiger partial charge in [-0.3, -0.25) is 24.1 Å². The summed E-state index contributed by atoms with van der Waals surface area (Å²) in [5.41, 5.74) is 2.27. The second-order valence-electron chi connectivity index (χ2n) is 8.32. The number of hydrogen-bond acceptors (Lipinski definition) is 5. The van der Waals surface area contributed by atoms with Crippen molar-refractivity contribution in [3.63, 3.8) is 0 Å². The van der Waals surface area contributed by atoms with Crippen molar-refractivity contribution in [3.8, 4) is 0 Å². The number of nitrogens with zero attached hydrogens (tertiary/aromatic N) is 1. The van der Waals surface area contributed by atoms with Crippen LogP contribution in [0.4, 0.5) is 0 Å². The maximum absolute atomic E-state index is 12.6. The topological polar surface area (TPSA) is 92.8 Å². The fourth-order valence-corrected chi connectivity index (χ4v) is 4.75. The molecule has 0 spiro atoms. The van der Waals surface area contributed by atoms with Crippen LogP contribution in [0.1, 0.15) is 24.0 Å². The zero-order chi connectivity index (χ0) is 21.3. The van der Waals surface area contributed by atoms with Crippen LogP contribution in [0.3, 0.4) is 0 Å². The molecule has 3 amide bonds. The van der Waals surface area contributed by atoms with Crippen LogP contribution >= 0.6 is 0 Å². The van der Waals surface area contributed by atoms with Gasteiger partial charge in [-0.05, 0) is 37.2 Å². The quantitative estimate of drug-likeness (QED) is 0.303. The minimum Gasteiger partial charge on any atom is -0.462 e. The van der Waals surface area contributed by atoms with Crippen molar-refractivity contribution in [2.45, 2.75) is 26.2 Å². The third-order valence-electron chi connectivity index (χ3n) is 6.30. The Morgan fingerprint density at radius 2 is 1.70 bits per heavy atom. The summed E-state index contributed by atoms with van der Waals surface area (Å²) in [4.78, 5) is 50.1. The Hall–Kier alpha value is -2.96. The van der Waals surface area contributed by atoms with Gasteiger partial charge in [-0.1, -0.05) is 42.0 Å². The Morgan fingerprint density at radius 3 is 2.33 bits per heavy atom. The summed E-state index contributed by atoms with van der Waals surface area (Å²) in [6, 6.07) is 8.02. The highest BCUT2D eigenvalue weighted by molar-refractivity contribution is 6.08. The van der Waals surface area contributed by atoms with Crippen molar-refractivity contribution >= 4 is 23.7 Å². The second kappa shape index (κ2) is 8.42. The molecule has 1 aromatic carbocycles. The molecular formula is C23H26N2O5. The van der Waals surface area contributed by atoms with E-state index in [2.05, 4.69) is 5.32 Å². The van der Waals surface area contributed by atoms with Crippen LogP contribution in [0.5, 0.6) is 0 Å². The fourth-order valence-electron chi connectivity index (χ4n) is 4.75. The number of esters is 1. The Kier molecular flexibility index (Phi) is 5.70. The average Bonchev–Trinajstić information content (AvgIpc) is 3.41. The number of ether oxygens (including phenoxy) is 1. The zero-order valence-electron chi connectivity index (χ0n) is 17.0. The van der Waals surface area contributed by atoms with Gasteiger partial charge in [0.1, 0.15) is 13.2 Å². The maximum Gasteiger partial charge on any atom is 0.326 e. The number of likely N-dealkylation sites (tertiary alicyclic amines) is 1. The first kappa shape index (κ1) is 20.3. The van der Waals surface area contributed by atoms with Gasteiger partial charge >= 0.3 is 5.97 Å². The normalized spacial score (nSPS) is 26.2. The average molecular weight is 410 g/mol. The predicted octanol–water partition coefficient (Wildman–Crippen LogP) is 1.39. The third-order valence-corrected chi connectivity index (χ3v) is 6.30. The van der Waals surface area contributed by atoms with E-state index in [0.717, 1.165) is 16.9 Å². The van der Waals surface area contributed by atoms with Crippen molar-refractivity contribution in [1.82, 2.24) is 10.2 Å². The molecule has 1 aliphatic heterocycles. The van der Waals surface area contributed by atoms with Crippen LogP contribution in [0, 0.1) is 30.6 Å². The van der Waals surface area contributed by atoms with Gasteiger partial charge in [-0.25, -0.2) is 0 Å². The zero-order valence-corrected chi connectivity index (χ0v) is 17.0. The molecule has 7 heteroatoms. The molecule has 4 unspecified atom stereocenters. The van der Waals surface area contributed by atoms with E-state index in [9.17, 15) is 19.2 Å². The molecular weight excluding hydrogens is 384 g/mol. The molecule has 4 rings (SSSR count). The highest BCUT2D eigenvalue weighted by Gasteiger charge is 2.59. The highest BCUT2D eigenvalue weighted by atomic mass is 16.5. The number of carbonyl (C=O) groups excluding carboxylic acids is 4. The van der Waals surface area contributed by atoms with Gasteiger partial charge in [-0.2, -0.15) is 0 Å². The monoisotopic (exact) mass is 410 g/mol. The lowest BCUT2D eigenvalue weighted by atomic mass is 9.85. The summed E-state index contributed by atoms with van der Waals surface area (Å²) in [7, 11) is 0. The molecule has 0 aromatic heterocycles. The highest BCUT2D eigenvalue weighted by Crippen LogP contribution is 2.52. The van der Waals surface area contributed by atoms with E-state index in [1.54, 1.807) is 0 Å². The Bertz CT molecular complexity index is 861. The lowest BCUT2D eigenvalue weighted by Crippen LogP contribution is -2.38. The third kappa shape index (κ3) is 4.01. The Balaban J connectivity index is 1.14. The van der Waals surface area contributed by atoms with E-state index in [0.29, 0.717) is 12.8 Å². The molecule has 2 aliphatic carbocycles. The van der Waals surface area contributed by atoms with Gasteiger partial charge in [0, 0.05) is 6.42 Å². The molecule has 158 valence electrons. The summed E-state index contributed by atoms with van der Waals surface area (Å²) >= 11 is 0. The van der Waals surface area contributed by atoms with Crippen molar-refractivity contribution < 1.29 is 23.9 Å². The second-order valence-corrected chi connectivity index (χ2v) is 8.32. The summed E-state index contributed by atoms with van der Waals surface area (Å²) < 4.78 is 5.10. The van der Waals surface area contributed by atoms with Gasteiger partial charge in [0.15, 0.2) is 0 Å². The van der Waals surface area contributed by atoms with Crippen LogP contribution in [-0.2, 0) is 30.3 Å². The van der Waals surface area contributed by atoms with Crippen molar-refractivity contribution in [1.29, 1.82) is 0 Å². The number of amides is 3. The van der Waals surface area contributed by atoms with E-state index in [1.807, 2.05) is 43.3 Å². The van der Waals surface area contributed by atoms with E-state index >= 15 is 0 Å². The van der Waals surface area contributed by atoms with Gasteiger partial charge in [0.05, 0.1) is 18.4 Å². The van der Waals surface area contributed by atoms with Gasteiger partial charge < -0.3 is 10.1 Å². The molecule has 30 heavy (non-hydrogen) atoms. The minimum absolute atomic E-state index is 0.00495. The largest absolute Gasteiger partial charge is 0.462 e. The molecule has 2 fully saturated rings. The van der Waals surface area contributed by atoms with Crippen LogP contribution in [0.25, 0.3) is 0 Å². The molecule has 1 N–H and O–H groups in total. The molecule has 1 saturated heterocycles. The number of benzene rings is 1. The van der Waals surface area contributed by atoms with Crippen molar-refractivity contribution in [2.75, 3.05) is 19.7 Å². The lowest BCUT2D eigenvalue weighted by molar-refractivity contribution is -0.153. The first-order chi connectivity index (χ1) is 14.4. The number of imide groups is 1. The van der Waals surface area contributed by atoms with E-state index in [4.69, 9.17) is 4.74 Å². The number of hydrogen-bond donors (Lipinski definition) is 1. The first-order valence-corrected chi connectivity index (χ1v) is 10.5. The summed E-state index contributed by atoms with van der Waals surface area (Å²) in [5.74, 6) is -1.66. The fraction of sp³-hybridized carbons (Fsp3) is 0.478. The number of allylic oxidation sites excluding steroid dienone is 2. The van der Waals surface area contributed by atoms with Crippen LogP contribution in [0.2, 0.25) is 0 Å². The first-order valence-electron chi connectivity index (χ1n) is 10.5. The van der Waals surface area contributed by atoms with Crippen molar-refractivity contribution in [2.24, 2.45) is 23.7 Å². The minimum atomic E-state index is -0.633. The summed E-state index contributed by atoms with van der Waals surface area (Å²) in [6.45, 7) is 1.86. The molecule has 7 nitrogen and oxygen atoms in total. The molecule has 0 radical (unpaired) electrons. The van der Waals surface area contributed by atoms with Crippen LogP contribution < -0.4 is 5.32 Å². The molecule has 1 heterocycles. The number of aryl methyl sites for hydroxylation is 2. The SMILES string of the molecule is Cc1ccc(CCC(=O)NCCOC(=O)CN2C(=O)C3C4C=CC(C4)C3C2=O)cc1. The Morgan fingerprint density at radius 1 is 1.07 bits per heavy atom. The maximum atomic E-state index is 12.6. The molecule has 1 aromatic rings. The smallest absolute Gasteiger partial charge is 0.326 e. The van der Waals surface area contributed by atoms with Gasteiger partial charge in [0.2, 0.25) is 17.7 Å². The predicted molar refractivity (Wildman–Crippen MR) is 108 cm³/mol.